The van der Waals surface area contributed by atoms with Crippen LogP contribution in [0, 0.1) is 0 Å². The molecule has 0 saturated carbocycles. The van der Waals surface area contributed by atoms with Crippen molar-refractivity contribution in [3.63, 3.8) is 0 Å². The maximum atomic E-state index is 5.98. The first kappa shape index (κ1) is 25.2. The molecule has 0 saturated heterocycles. The molecule has 0 amide bonds. The number of rotatable bonds is 17. The van der Waals surface area contributed by atoms with Gasteiger partial charge in [-0.1, -0.05) is 38.5 Å². The Hall–Kier alpha value is -1.08. The highest BCUT2D eigenvalue weighted by molar-refractivity contribution is 7.10. The number of hydrogen-bond donors (Lipinski definition) is 0. The van der Waals surface area contributed by atoms with E-state index in [4.69, 9.17) is 9.47 Å². The maximum Gasteiger partial charge on any atom is 0.134 e. The molecule has 0 aliphatic rings. The quantitative estimate of drug-likeness (QED) is 0.255. The second-order valence-electron chi connectivity index (χ2n) is 8.42. The van der Waals surface area contributed by atoms with Gasteiger partial charge in [0.15, 0.2) is 0 Å². The Morgan fingerprint density at radius 2 is 0.967 bits per heavy atom. The van der Waals surface area contributed by atoms with Crippen molar-refractivity contribution in [1.29, 1.82) is 0 Å². The smallest absolute Gasteiger partial charge is 0.134 e. The fourth-order valence-corrected chi connectivity index (χ4v) is 5.21. The van der Waals surface area contributed by atoms with Gasteiger partial charge >= 0.3 is 0 Å². The molecule has 0 aromatic carbocycles. The SMILES string of the molecule is CN(C)Cc1sccc1OCCCCCCCCCCOc1ccsc1CN(C)C. The minimum atomic E-state index is 0.840. The van der Waals surface area contributed by atoms with Gasteiger partial charge in [-0.3, -0.25) is 0 Å². The van der Waals surface area contributed by atoms with Crippen LogP contribution in [0.15, 0.2) is 22.9 Å². The summed E-state index contributed by atoms with van der Waals surface area (Å²) in [6.45, 7) is 3.60. The fourth-order valence-electron chi connectivity index (χ4n) is 3.35. The van der Waals surface area contributed by atoms with Crippen molar-refractivity contribution in [2.75, 3.05) is 41.4 Å². The van der Waals surface area contributed by atoms with Crippen LogP contribution in [0.2, 0.25) is 0 Å². The first-order valence-corrected chi connectivity index (χ1v) is 13.0. The molecule has 2 aromatic heterocycles. The molecule has 6 heteroatoms. The van der Waals surface area contributed by atoms with Crippen molar-refractivity contribution in [3.8, 4) is 11.5 Å². The second-order valence-corrected chi connectivity index (χ2v) is 10.4. The average Bonchev–Trinajstić information content (AvgIpc) is 3.31. The molecule has 0 atom stereocenters. The van der Waals surface area contributed by atoms with Gasteiger partial charge in [-0.05, 0) is 63.9 Å². The van der Waals surface area contributed by atoms with Crippen LogP contribution in [0.5, 0.6) is 11.5 Å². The highest BCUT2D eigenvalue weighted by Crippen LogP contribution is 2.27. The van der Waals surface area contributed by atoms with E-state index >= 15 is 0 Å². The third-order valence-corrected chi connectivity index (χ3v) is 6.66. The van der Waals surface area contributed by atoms with Crippen molar-refractivity contribution in [2.45, 2.75) is 64.5 Å². The molecule has 2 heterocycles. The summed E-state index contributed by atoms with van der Waals surface area (Å²) in [5.74, 6) is 2.15. The second kappa shape index (κ2) is 14.8. The summed E-state index contributed by atoms with van der Waals surface area (Å²) in [7, 11) is 8.40. The predicted molar refractivity (Wildman–Crippen MR) is 131 cm³/mol. The Kier molecular flexibility index (Phi) is 12.5. The van der Waals surface area contributed by atoms with Crippen molar-refractivity contribution < 1.29 is 9.47 Å². The van der Waals surface area contributed by atoms with Crippen molar-refractivity contribution in [2.24, 2.45) is 0 Å². The lowest BCUT2D eigenvalue weighted by atomic mass is 10.1. The number of nitrogens with zero attached hydrogens (tertiary/aromatic N) is 2. The predicted octanol–water partition coefficient (Wildman–Crippen LogP) is 6.51. The Morgan fingerprint density at radius 1 is 0.600 bits per heavy atom. The molecular weight excluding hydrogens is 412 g/mol. The van der Waals surface area contributed by atoms with Gasteiger partial charge in [0, 0.05) is 13.1 Å². The highest BCUT2D eigenvalue weighted by Gasteiger charge is 2.07. The molecule has 2 rings (SSSR count). The topological polar surface area (TPSA) is 24.9 Å². The third kappa shape index (κ3) is 10.3. The average molecular weight is 453 g/mol. The van der Waals surface area contributed by atoms with E-state index in [1.807, 2.05) is 0 Å². The van der Waals surface area contributed by atoms with Gasteiger partial charge < -0.3 is 19.3 Å². The lowest BCUT2D eigenvalue weighted by Crippen LogP contribution is -2.10. The van der Waals surface area contributed by atoms with E-state index in [0.29, 0.717) is 0 Å². The number of unbranched alkanes of at least 4 members (excludes halogenated alkanes) is 7. The van der Waals surface area contributed by atoms with Crippen LogP contribution < -0.4 is 9.47 Å². The lowest BCUT2D eigenvalue weighted by molar-refractivity contribution is 0.294. The summed E-state index contributed by atoms with van der Waals surface area (Å²) in [6.07, 6.45) is 10.1. The Labute approximate surface area is 191 Å². The number of hydrogen-bond acceptors (Lipinski definition) is 6. The number of thiophene rings is 2. The van der Waals surface area contributed by atoms with E-state index in [1.54, 1.807) is 22.7 Å². The van der Waals surface area contributed by atoms with Gasteiger partial charge in [0.05, 0.1) is 23.0 Å². The van der Waals surface area contributed by atoms with E-state index in [0.717, 1.165) is 50.6 Å². The highest BCUT2D eigenvalue weighted by atomic mass is 32.1. The molecule has 0 fully saturated rings. The van der Waals surface area contributed by atoms with Crippen LogP contribution in [0.25, 0.3) is 0 Å². The van der Waals surface area contributed by atoms with Crippen LogP contribution in [-0.2, 0) is 13.1 Å². The summed E-state index contributed by atoms with van der Waals surface area (Å²) < 4.78 is 12.0. The summed E-state index contributed by atoms with van der Waals surface area (Å²) in [4.78, 5) is 7.04. The molecule has 0 N–H and O–H groups in total. The molecule has 170 valence electrons. The molecule has 30 heavy (non-hydrogen) atoms. The zero-order valence-corrected chi connectivity index (χ0v) is 21.0. The largest absolute Gasteiger partial charge is 0.492 e. The first-order chi connectivity index (χ1) is 14.6. The fraction of sp³-hybridized carbons (Fsp3) is 0.667. The van der Waals surface area contributed by atoms with Gasteiger partial charge in [0.25, 0.3) is 0 Å². The van der Waals surface area contributed by atoms with Gasteiger partial charge in [-0.2, -0.15) is 0 Å². The van der Waals surface area contributed by atoms with Gasteiger partial charge in [-0.25, -0.2) is 0 Å². The maximum absolute atomic E-state index is 5.98. The van der Waals surface area contributed by atoms with Gasteiger partial charge in [-0.15, -0.1) is 22.7 Å². The Morgan fingerprint density at radius 3 is 1.33 bits per heavy atom. The summed E-state index contributed by atoms with van der Waals surface area (Å²) in [5, 5.41) is 4.25. The van der Waals surface area contributed by atoms with E-state index in [9.17, 15) is 0 Å². The van der Waals surface area contributed by atoms with Crippen molar-refractivity contribution >= 4 is 22.7 Å². The lowest BCUT2D eigenvalue weighted by Gasteiger charge is -2.11. The molecule has 0 bridgehead atoms. The minimum Gasteiger partial charge on any atom is -0.492 e. The van der Waals surface area contributed by atoms with Crippen molar-refractivity contribution in [3.05, 3.63) is 32.6 Å². The third-order valence-electron chi connectivity index (χ3n) is 4.88. The summed E-state index contributed by atoms with van der Waals surface area (Å²) in [5.41, 5.74) is 0. The zero-order valence-electron chi connectivity index (χ0n) is 19.3. The normalized spacial score (nSPS) is 11.5. The number of ether oxygens (including phenoxy) is 2. The Balaban J connectivity index is 1.40. The minimum absolute atomic E-state index is 0.840. The van der Waals surface area contributed by atoms with Gasteiger partial charge in [0.1, 0.15) is 11.5 Å². The molecule has 2 aromatic rings. The molecule has 0 radical (unpaired) electrons. The van der Waals surface area contributed by atoms with Gasteiger partial charge in [0.2, 0.25) is 0 Å². The molecule has 4 nitrogen and oxygen atoms in total. The monoisotopic (exact) mass is 452 g/mol. The Bertz CT molecular complexity index is 624. The van der Waals surface area contributed by atoms with Crippen molar-refractivity contribution in [1.82, 2.24) is 9.80 Å². The van der Waals surface area contributed by atoms with E-state index in [1.165, 1.54) is 48.3 Å². The van der Waals surface area contributed by atoms with E-state index < -0.39 is 0 Å². The van der Waals surface area contributed by atoms with Crippen LogP contribution in [-0.4, -0.2) is 51.2 Å². The summed E-state index contributed by atoms with van der Waals surface area (Å²) in [6, 6.07) is 4.21. The first-order valence-electron chi connectivity index (χ1n) is 11.2. The van der Waals surface area contributed by atoms with Crippen LogP contribution >= 0.6 is 22.7 Å². The standard InChI is InChI=1S/C24H40N2O2S2/c1-25(2)19-23-21(13-17-29-23)27-15-11-9-7-5-6-8-10-12-16-28-22-14-18-30-24(22)20-26(3)4/h13-14,17-18H,5-12,15-16,19-20H2,1-4H3. The van der Waals surface area contributed by atoms with Crippen LogP contribution in [0.4, 0.5) is 0 Å². The van der Waals surface area contributed by atoms with Crippen LogP contribution in [0.3, 0.4) is 0 Å². The zero-order chi connectivity index (χ0) is 21.6. The molecule has 0 aliphatic carbocycles. The molecule has 0 aliphatic heterocycles. The molecular formula is C24H40N2O2S2. The van der Waals surface area contributed by atoms with E-state index in [-0.39, 0.29) is 0 Å². The molecule has 0 unspecified atom stereocenters. The summed E-state index contributed by atoms with van der Waals surface area (Å²) >= 11 is 3.57. The van der Waals surface area contributed by atoms with Crippen LogP contribution in [0.1, 0.15) is 61.1 Å². The molecule has 0 spiro atoms. The van der Waals surface area contributed by atoms with E-state index in [2.05, 4.69) is 60.9 Å².